The number of aromatic nitrogens is 2. The van der Waals surface area contributed by atoms with Crippen LogP contribution in [0.25, 0.3) is 10.9 Å². The largest absolute Gasteiger partial charge is 0.492 e. The minimum atomic E-state index is -0.210. The van der Waals surface area contributed by atoms with Gasteiger partial charge in [0.2, 0.25) is 5.91 Å². The maximum atomic E-state index is 12.7. The zero-order valence-electron chi connectivity index (χ0n) is 17.4. The van der Waals surface area contributed by atoms with E-state index in [1.807, 2.05) is 45.0 Å². The van der Waals surface area contributed by atoms with Crippen molar-refractivity contribution in [2.45, 2.75) is 46.3 Å². The van der Waals surface area contributed by atoms with E-state index in [0.717, 1.165) is 23.3 Å². The summed E-state index contributed by atoms with van der Waals surface area (Å²) in [6.07, 6.45) is 2.57. The average Bonchev–Trinajstić information content (AvgIpc) is 3.07. The Labute approximate surface area is 174 Å². The molecule has 1 aromatic heterocycles. The van der Waals surface area contributed by atoms with Crippen molar-refractivity contribution in [1.29, 1.82) is 0 Å². The third kappa shape index (κ3) is 3.87. The molecule has 0 saturated heterocycles. The molecule has 0 bridgehead atoms. The number of ether oxygens (including phenoxy) is 2. The van der Waals surface area contributed by atoms with Gasteiger partial charge >= 0.3 is 0 Å². The van der Waals surface area contributed by atoms with Crippen molar-refractivity contribution in [1.82, 2.24) is 9.55 Å². The van der Waals surface area contributed by atoms with Gasteiger partial charge < -0.3 is 14.8 Å². The van der Waals surface area contributed by atoms with Crippen LogP contribution in [0.5, 0.6) is 11.5 Å². The minimum Gasteiger partial charge on any atom is -0.492 e. The molecule has 1 aliphatic rings. The van der Waals surface area contributed by atoms with Gasteiger partial charge in [-0.05, 0) is 38.5 Å². The summed E-state index contributed by atoms with van der Waals surface area (Å²) >= 11 is 0. The third-order valence-electron chi connectivity index (χ3n) is 5.21. The van der Waals surface area contributed by atoms with Gasteiger partial charge in [0.25, 0.3) is 5.56 Å². The summed E-state index contributed by atoms with van der Waals surface area (Å²) in [7, 11) is 0. The van der Waals surface area contributed by atoms with Crippen LogP contribution < -0.4 is 20.3 Å². The number of nitrogens with zero attached hydrogens (tertiary/aromatic N) is 2. The van der Waals surface area contributed by atoms with E-state index in [1.165, 1.54) is 10.9 Å². The molecule has 1 N–H and O–H groups in total. The van der Waals surface area contributed by atoms with Crippen LogP contribution in [-0.4, -0.2) is 28.2 Å². The first-order chi connectivity index (χ1) is 14.5. The van der Waals surface area contributed by atoms with E-state index < -0.39 is 0 Å². The molecule has 0 saturated carbocycles. The molecular formula is C23H25N3O4. The Morgan fingerprint density at radius 3 is 3.00 bits per heavy atom. The number of para-hydroxylation sites is 1. The number of carbonyl (C=O) groups is 1. The number of rotatable bonds is 6. The van der Waals surface area contributed by atoms with E-state index in [1.54, 1.807) is 6.07 Å². The van der Waals surface area contributed by atoms with Crippen molar-refractivity contribution in [3.8, 4) is 11.5 Å². The molecule has 7 nitrogen and oxygen atoms in total. The van der Waals surface area contributed by atoms with E-state index in [9.17, 15) is 9.59 Å². The summed E-state index contributed by atoms with van der Waals surface area (Å²) in [6, 6.07) is 9.26. The van der Waals surface area contributed by atoms with Gasteiger partial charge in [-0.15, -0.1) is 0 Å². The van der Waals surface area contributed by atoms with Crippen molar-refractivity contribution in [2.24, 2.45) is 0 Å². The first-order valence-electron chi connectivity index (χ1n) is 10.2. The lowest BCUT2D eigenvalue weighted by atomic mass is 10.1. The third-order valence-corrected chi connectivity index (χ3v) is 5.21. The molecule has 156 valence electrons. The average molecular weight is 407 g/mol. The molecular weight excluding hydrogens is 382 g/mol. The fraction of sp³-hybridized carbons (Fsp3) is 0.348. The highest BCUT2D eigenvalue weighted by atomic mass is 16.5. The molecule has 3 aromatic rings. The molecule has 0 spiro atoms. The molecule has 0 unspecified atom stereocenters. The van der Waals surface area contributed by atoms with Gasteiger partial charge in [-0.25, -0.2) is 4.98 Å². The van der Waals surface area contributed by atoms with Gasteiger partial charge in [0.05, 0.1) is 29.5 Å². The van der Waals surface area contributed by atoms with Gasteiger partial charge in [0, 0.05) is 31.0 Å². The van der Waals surface area contributed by atoms with Crippen molar-refractivity contribution >= 4 is 22.5 Å². The lowest BCUT2D eigenvalue weighted by Crippen LogP contribution is -2.24. The smallest absolute Gasteiger partial charge is 0.261 e. The number of hydrogen-bond donors (Lipinski definition) is 1. The van der Waals surface area contributed by atoms with Crippen molar-refractivity contribution in [2.75, 3.05) is 11.9 Å². The highest BCUT2D eigenvalue weighted by Crippen LogP contribution is 2.38. The van der Waals surface area contributed by atoms with Crippen LogP contribution in [0.15, 0.2) is 41.5 Å². The molecule has 7 heteroatoms. The van der Waals surface area contributed by atoms with E-state index in [2.05, 4.69) is 10.3 Å². The molecule has 2 heterocycles. The second-order valence-electron chi connectivity index (χ2n) is 7.53. The normalized spacial score (nSPS) is 15.0. The second-order valence-corrected chi connectivity index (χ2v) is 7.53. The van der Waals surface area contributed by atoms with Crippen molar-refractivity contribution in [3.05, 3.63) is 58.1 Å². The predicted molar refractivity (Wildman–Crippen MR) is 115 cm³/mol. The summed E-state index contributed by atoms with van der Waals surface area (Å²) in [5.74, 6) is 1.19. The lowest BCUT2D eigenvalue weighted by Gasteiger charge is -2.14. The number of benzene rings is 2. The number of carbonyl (C=O) groups excluding carboxylic acids is 1. The summed E-state index contributed by atoms with van der Waals surface area (Å²) < 4.78 is 13.0. The molecule has 2 aromatic carbocycles. The molecule has 0 aliphatic carbocycles. The van der Waals surface area contributed by atoms with Crippen LogP contribution in [0.1, 0.15) is 31.4 Å². The van der Waals surface area contributed by atoms with Crippen molar-refractivity contribution in [3.63, 3.8) is 0 Å². The monoisotopic (exact) mass is 407 g/mol. The summed E-state index contributed by atoms with van der Waals surface area (Å²) in [5, 5.41) is 3.45. The Balaban J connectivity index is 1.49. The predicted octanol–water partition coefficient (Wildman–Crippen LogP) is 3.46. The topological polar surface area (TPSA) is 82.5 Å². The Hall–Kier alpha value is -3.35. The van der Waals surface area contributed by atoms with E-state index in [4.69, 9.17) is 9.47 Å². The second kappa shape index (κ2) is 8.18. The van der Waals surface area contributed by atoms with E-state index in [-0.39, 0.29) is 30.5 Å². The Morgan fingerprint density at radius 2 is 2.20 bits per heavy atom. The fourth-order valence-corrected chi connectivity index (χ4v) is 3.74. The number of fused-ring (bicyclic) bond motifs is 2. The molecule has 0 fully saturated rings. The zero-order valence-corrected chi connectivity index (χ0v) is 17.4. The van der Waals surface area contributed by atoms with Crippen LogP contribution >= 0.6 is 0 Å². The number of anilines is 1. The SMILES string of the molecule is CCOc1cc2c(cc1NC(=O)CCn1cnc3c(C)cccc3c1=O)O[C@H](C)C2. The lowest BCUT2D eigenvalue weighted by molar-refractivity contribution is -0.116. The van der Waals surface area contributed by atoms with Crippen LogP contribution in [0, 0.1) is 6.92 Å². The highest BCUT2D eigenvalue weighted by molar-refractivity contribution is 5.92. The van der Waals surface area contributed by atoms with Crippen LogP contribution in [0.3, 0.4) is 0 Å². The number of amides is 1. The number of aryl methyl sites for hydroxylation is 2. The maximum absolute atomic E-state index is 12.7. The molecule has 1 atom stereocenters. The minimum absolute atomic E-state index is 0.108. The summed E-state index contributed by atoms with van der Waals surface area (Å²) in [4.78, 5) is 29.7. The van der Waals surface area contributed by atoms with Gasteiger partial charge in [0.15, 0.2) is 0 Å². The summed E-state index contributed by atoms with van der Waals surface area (Å²) in [6.45, 7) is 6.57. The molecule has 1 aliphatic heterocycles. The zero-order chi connectivity index (χ0) is 21.3. The van der Waals surface area contributed by atoms with Gasteiger partial charge in [-0.3, -0.25) is 14.2 Å². The number of nitrogens with one attached hydrogen (secondary N) is 1. The quantitative estimate of drug-likeness (QED) is 0.677. The van der Waals surface area contributed by atoms with Crippen LogP contribution in [-0.2, 0) is 17.8 Å². The van der Waals surface area contributed by atoms with Crippen LogP contribution in [0.2, 0.25) is 0 Å². The molecule has 4 rings (SSSR count). The Morgan fingerprint density at radius 1 is 1.37 bits per heavy atom. The first-order valence-corrected chi connectivity index (χ1v) is 10.2. The first kappa shape index (κ1) is 19.9. The summed E-state index contributed by atoms with van der Waals surface area (Å²) in [5.41, 5.74) is 3.15. The van der Waals surface area contributed by atoms with Gasteiger partial charge in [-0.1, -0.05) is 12.1 Å². The van der Waals surface area contributed by atoms with Gasteiger partial charge in [-0.2, -0.15) is 0 Å². The Bertz CT molecular complexity index is 1170. The fourth-order valence-electron chi connectivity index (χ4n) is 3.74. The maximum Gasteiger partial charge on any atom is 0.261 e. The molecule has 0 radical (unpaired) electrons. The van der Waals surface area contributed by atoms with Crippen LogP contribution in [0.4, 0.5) is 5.69 Å². The van der Waals surface area contributed by atoms with E-state index in [0.29, 0.717) is 28.9 Å². The molecule has 30 heavy (non-hydrogen) atoms. The van der Waals surface area contributed by atoms with E-state index >= 15 is 0 Å². The number of hydrogen-bond acceptors (Lipinski definition) is 5. The van der Waals surface area contributed by atoms with Crippen molar-refractivity contribution < 1.29 is 14.3 Å². The Kier molecular flexibility index (Phi) is 5.44. The standard InChI is InChI=1S/C23H25N3O4/c1-4-29-20-11-16-10-15(3)30-19(16)12-18(20)25-21(27)8-9-26-13-24-22-14(2)6-5-7-17(22)23(26)28/h5-7,11-13,15H,4,8-10H2,1-3H3,(H,25,27)/t15-/m1/s1. The molecule has 1 amide bonds. The highest BCUT2D eigenvalue weighted by Gasteiger charge is 2.22. The van der Waals surface area contributed by atoms with Gasteiger partial charge in [0.1, 0.15) is 17.6 Å².